The zero-order chi connectivity index (χ0) is 30.3. The molecule has 4 amide bonds. The number of fused-ring (bicyclic) bond motifs is 2. The van der Waals surface area contributed by atoms with E-state index < -0.39 is 35.4 Å². The predicted molar refractivity (Wildman–Crippen MR) is 162 cm³/mol. The summed E-state index contributed by atoms with van der Waals surface area (Å²) in [5.74, 6) is -1.39. The highest BCUT2D eigenvalue weighted by Crippen LogP contribution is 2.47. The number of nitrogens with zero attached hydrogens (tertiary/aromatic N) is 2. The van der Waals surface area contributed by atoms with Crippen molar-refractivity contribution in [3.63, 3.8) is 0 Å². The fraction of sp³-hybridized carbons (Fsp3) is 0.394. The second-order valence-corrected chi connectivity index (χ2v) is 11.0. The van der Waals surface area contributed by atoms with Crippen molar-refractivity contribution in [2.45, 2.75) is 69.6 Å². The van der Waals surface area contributed by atoms with Gasteiger partial charge in [-0.25, -0.2) is 4.79 Å². The zero-order valence-electron chi connectivity index (χ0n) is 24.2. The van der Waals surface area contributed by atoms with Gasteiger partial charge in [0.2, 0.25) is 17.7 Å². The summed E-state index contributed by atoms with van der Waals surface area (Å²) in [6, 6.07) is 12.9. The van der Waals surface area contributed by atoms with E-state index in [-0.39, 0.29) is 32.0 Å². The summed E-state index contributed by atoms with van der Waals surface area (Å²) in [6.45, 7) is 9.91. The molecule has 1 fully saturated rings. The quantitative estimate of drug-likeness (QED) is 0.265. The number of carbonyl (C=O) groups is 4. The van der Waals surface area contributed by atoms with Crippen LogP contribution < -0.4 is 11.1 Å². The number of primary amides is 1. The van der Waals surface area contributed by atoms with Crippen molar-refractivity contribution in [3.8, 4) is 0 Å². The van der Waals surface area contributed by atoms with Crippen molar-refractivity contribution in [3.05, 3.63) is 84.5 Å². The molecule has 0 bridgehead atoms. The second kappa shape index (κ2) is 13.5. The lowest BCUT2D eigenvalue weighted by Gasteiger charge is -2.34. The minimum Gasteiger partial charge on any atom is -0.445 e. The standard InChI is InChI=1S/C33H40N4O5/c1-4-7-12-18-36(32(41)42-21-24-13-10-9-11-14-24)27(15-8-5-2)30(39)37-22-33(20-28(37)29(34)38)25-19-23(6-3)16-17-26(25)35-31(33)40/h4,6,9-11,13-14,16-17,19,27-28H,1,3,5,7-8,12,15,18,20-22H2,2H3,(H2,34,38)(H,35,40)/t27-,28-,33-/m0/s1. The van der Waals surface area contributed by atoms with Gasteiger partial charge in [0.15, 0.2) is 0 Å². The molecular formula is C33H40N4O5. The number of nitrogens with one attached hydrogen (secondary N) is 1. The third-order valence-electron chi connectivity index (χ3n) is 8.19. The minimum absolute atomic E-state index is 0.0267. The number of hydrogen-bond acceptors (Lipinski definition) is 5. The lowest BCUT2D eigenvalue weighted by molar-refractivity contribution is -0.142. The topological polar surface area (TPSA) is 122 Å². The molecule has 2 aliphatic rings. The Kier molecular flexibility index (Phi) is 9.83. The number of amides is 4. The highest BCUT2D eigenvalue weighted by atomic mass is 16.6. The maximum absolute atomic E-state index is 14.4. The zero-order valence-corrected chi connectivity index (χ0v) is 24.2. The van der Waals surface area contributed by atoms with E-state index in [1.807, 2.05) is 49.4 Å². The Morgan fingerprint density at radius 2 is 1.95 bits per heavy atom. The summed E-state index contributed by atoms with van der Waals surface area (Å²) in [5.41, 5.74) is 7.71. The fourth-order valence-electron chi connectivity index (χ4n) is 5.89. The normalized spacial score (nSPS) is 19.6. The van der Waals surface area contributed by atoms with Crippen LogP contribution in [0.5, 0.6) is 0 Å². The first-order valence-corrected chi connectivity index (χ1v) is 14.5. The molecular weight excluding hydrogens is 532 g/mol. The maximum atomic E-state index is 14.4. The molecule has 4 rings (SSSR count). The van der Waals surface area contributed by atoms with Gasteiger partial charge < -0.3 is 20.7 Å². The van der Waals surface area contributed by atoms with Crippen LogP contribution in [0.3, 0.4) is 0 Å². The monoisotopic (exact) mass is 572 g/mol. The number of allylic oxidation sites excluding steroid dienone is 1. The van der Waals surface area contributed by atoms with Gasteiger partial charge in [0, 0.05) is 18.8 Å². The number of likely N-dealkylation sites (tertiary alicyclic amines) is 1. The summed E-state index contributed by atoms with van der Waals surface area (Å²) in [4.78, 5) is 57.0. The predicted octanol–water partition coefficient (Wildman–Crippen LogP) is 4.77. The molecule has 2 aliphatic heterocycles. The number of benzene rings is 2. The maximum Gasteiger partial charge on any atom is 0.410 e. The van der Waals surface area contributed by atoms with Crippen molar-refractivity contribution in [2.24, 2.45) is 5.73 Å². The Morgan fingerprint density at radius 1 is 1.19 bits per heavy atom. The third-order valence-corrected chi connectivity index (χ3v) is 8.19. The molecule has 1 saturated heterocycles. The molecule has 2 aromatic rings. The Morgan fingerprint density at radius 3 is 2.62 bits per heavy atom. The molecule has 42 heavy (non-hydrogen) atoms. The third kappa shape index (κ3) is 6.25. The number of carbonyl (C=O) groups excluding carboxylic acids is 4. The van der Waals surface area contributed by atoms with Crippen LogP contribution in [-0.4, -0.2) is 58.8 Å². The lowest BCUT2D eigenvalue weighted by atomic mass is 9.79. The summed E-state index contributed by atoms with van der Waals surface area (Å²) >= 11 is 0. The highest BCUT2D eigenvalue weighted by molar-refractivity contribution is 6.08. The van der Waals surface area contributed by atoms with Crippen molar-refractivity contribution in [1.29, 1.82) is 0 Å². The van der Waals surface area contributed by atoms with Gasteiger partial charge >= 0.3 is 6.09 Å². The van der Waals surface area contributed by atoms with E-state index >= 15 is 0 Å². The van der Waals surface area contributed by atoms with E-state index in [0.717, 1.165) is 17.5 Å². The number of unbranched alkanes of at least 4 members (excludes halogenated alkanes) is 2. The number of hydrogen-bond donors (Lipinski definition) is 2. The van der Waals surface area contributed by atoms with E-state index in [4.69, 9.17) is 10.5 Å². The van der Waals surface area contributed by atoms with E-state index in [1.54, 1.807) is 18.2 Å². The molecule has 0 aromatic heterocycles. The first-order valence-electron chi connectivity index (χ1n) is 14.5. The molecule has 9 nitrogen and oxygen atoms in total. The lowest BCUT2D eigenvalue weighted by Crippen LogP contribution is -2.55. The molecule has 0 aliphatic carbocycles. The largest absolute Gasteiger partial charge is 0.445 e. The van der Waals surface area contributed by atoms with Gasteiger partial charge in [-0.15, -0.1) is 6.58 Å². The van der Waals surface area contributed by atoms with E-state index in [9.17, 15) is 19.2 Å². The average Bonchev–Trinajstić information content (AvgIpc) is 3.53. The van der Waals surface area contributed by atoms with Crippen molar-refractivity contribution >= 4 is 35.6 Å². The first-order chi connectivity index (χ1) is 20.2. The number of nitrogens with two attached hydrogens (primary N) is 1. The van der Waals surface area contributed by atoms with E-state index in [2.05, 4.69) is 18.5 Å². The average molecular weight is 573 g/mol. The molecule has 0 saturated carbocycles. The molecule has 2 heterocycles. The minimum atomic E-state index is -1.14. The molecule has 3 N–H and O–H groups in total. The second-order valence-electron chi connectivity index (χ2n) is 11.0. The van der Waals surface area contributed by atoms with Crippen LogP contribution in [0, 0.1) is 0 Å². The molecule has 222 valence electrons. The van der Waals surface area contributed by atoms with Gasteiger partial charge in [0.05, 0.1) is 5.41 Å². The molecule has 3 atom stereocenters. The van der Waals surface area contributed by atoms with Gasteiger partial charge in [-0.3, -0.25) is 19.3 Å². The molecule has 1 spiro atoms. The number of rotatable bonds is 13. The Bertz CT molecular complexity index is 1340. The van der Waals surface area contributed by atoms with Crippen LogP contribution in [0.4, 0.5) is 10.5 Å². The van der Waals surface area contributed by atoms with Crippen LogP contribution >= 0.6 is 0 Å². The fourth-order valence-corrected chi connectivity index (χ4v) is 5.89. The smallest absolute Gasteiger partial charge is 0.410 e. The van der Waals surface area contributed by atoms with Gasteiger partial charge in [0.25, 0.3) is 0 Å². The highest BCUT2D eigenvalue weighted by Gasteiger charge is 2.58. The number of ether oxygens (including phenoxy) is 1. The summed E-state index contributed by atoms with van der Waals surface area (Å²) < 4.78 is 5.68. The van der Waals surface area contributed by atoms with Crippen LogP contribution in [0.25, 0.3) is 6.08 Å². The van der Waals surface area contributed by atoms with E-state index in [1.165, 1.54) is 9.80 Å². The van der Waals surface area contributed by atoms with Crippen molar-refractivity contribution in [2.75, 3.05) is 18.4 Å². The van der Waals surface area contributed by atoms with Crippen molar-refractivity contribution < 1.29 is 23.9 Å². The Balaban J connectivity index is 1.66. The van der Waals surface area contributed by atoms with Crippen molar-refractivity contribution in [1.82, 2.24) is 9.80 Å². The first kappa shape index (κ1) is 30.6. The van der Waals surface area contributed by atoms with Gasteiger partial charge in [0.1, 0.15) is 18.7 Å². The Labute approximate surface area is 247 Å². The number of anilines is 1. The van der Waals surface area contributed by atoms with Crippen LogP contribution in [0.15, 0.2) is 67.8 Å². The molecule has 0 radical (unpaired) electrons. The summed E-state index contributed by atoms with van der Waals surface area (Å²) in [5, 5.41) is 2.91. The summed E-state index contributed by atoms with van der Waals surface area (Å²) in [6.07, 6.45) is 5.98. The molecule has 0 unspecified atom stereocenters. The Hall–Kier alpha value is -4.40. The van der Waals surface area contributed by atoms with Crippen LogP contribution in [0.1, 0.15) is 62.1 Å². The summed E-state index contributed by atoms with van der Waals surface area (Å²) in [7, 11) is 0. The van der Waals surface area contributed by atoms with Gasteiger partial charge in [-0.2, -0.15) is 0 Å². The molecule has 9 heteroatoms. The van der Waals surface area contributed by atoms with E-state index in [0.29, 0.717) is 36.9 Å². The van der Waals surface area contributed by atoms with Gasteiger partial charge in [-0.1, -0.05) is 74.9 Å². The van der Waals surface area contributed by atoms with Crippen LogP contribution in [-0.2, 0) is 31.1 Å². The SMILES string of the molecule is C=CCCCN(C(=O)OCc1ccccc1)[C@@H](CCCC)C(=O)N1C[C@]2(C[C@H]1C(N)=O)C(=O)Nc1ccc(C=C)cc12. The van der Waals surface area contributed by atoms with Crippen LogP contribution in [0.2, 0.25) is 0 Å². The van der Waals surface area contributed by atoms with Gasteiger partial charge in [-0.05, 0) is 54.5 Å². The molecule has 2 aromatic carbocycles.